The number of carbonyl (C=O) groups excluding carboxylic acids is 7. The predicted octanol–water partition coefficient (Wildman–Crippen LogP) is 3.09. The first-order valence-corrected chi connectivity index (χ1v) is 22.9. The maximum absolute atomic E-state index is 14.6. The molecule has 5 rings (SSSR count). The van der Waals surface area contributed by atoms with Gasteiger partial charge in [0.1, 0.15) is 30.4 Å². The lowest BCUT2D eigenvalue weighted by molar-refractivity contribution is -0.269. The van der Waals surface area contributed by atoms with E-state index in [2.05, 4.69) is 22.0 Å². The van der Waals surface area contributed by atoms with E-state index >= 15 is 0 Å². The van der Waals surface area contributed by atoms with Gasteiger partial charge >= 0.3 is 29.9 Å². The van der Waals surface area contributed by atoms with Gasteiger partial charge in [-0.05, 0) is 83.6 Å². The molecule has 4 amide bonds. The third-order valence-corrected chi connectivity index (χ3v) is 13.8. The van der Waals surface area contributed by atoms with Gasteiger partial charge in [-0.15, -0.1) is 0 Å². The maximum Gasteiger partial charge on any atom is 0.347 e. The van der Waals surface area contributed by atoms with E-state index in [1.54, 1.807) is 20.8 Å². The Balaban J connectivity index is 1.45. The Bertz CT molecular complexity index is 1810. The number of nitrogens with one attached hydrogen (secondary N) is 3. The Kier molecular flexibility index (Phi) is 17.6. The number of esters is 4. The van der Waals surface area contributed by atoms with Crippen molar-refractivity contribution in [3.63, 3.8) is 0 Å². The summed E-state index contributed by atoms with van der Waals surface area (Å²) in [6.07, 6.45) is 9.75. The molecule has 7 N–H and O–H groups in total. The summed E-state index contributed by atoms with van der Waals surface area (Å²) in [5.74, 6) is -5.26. The topological polar surface area (TPSA) is 266 Å². The number of carbonyl (C=O) groups is 7. The molecule has 1 saturated carbocycles. The van der Waals surface area contributed by atoms with Crippen molar-refractivity contribution < 1.29 is 62.0 Å². The second-order valence-electron chi connectivity index (χ2n) is 18.5. The molecule has 2 bridgehead atoms. The van der Waals surface area contributed by atoms with Gasteiger partial charge in [-0.1, -0.05) is 57.9 Å². The highest BCUT2D eigenvalue weighted by atomic mass is 16.6. The number of primary amides is 1. The molecule has 0 aromatic heterocycles. The quantitative estimate of drug-likeness (QED) is 0.0520. The zero-order valence-electron chi connectivity index (χ0n) is 38.0. The van der Waals surface area contributed by atoms with Crippen LogP contribution in [0.4, 0.5) is 4.79 Å². The lowest BCUT2D eigenvalue weighted by Gasteiger charge is -2.62. The van der Waals surface area contributed by atoms with Crippen LogP contribution in [0.1, 0.15) is 112 Å². The molecule has 5 aliphatic rings. The molecular weight excluding hydrogens is 831 g/mol. The molecule has 0 radical (unpaired) electrons. The summed E-state index contributed by atoms with van der Waals surface area (Å²) < 4.78 is 37.2. The molecule has 3 aliphatic heterocycles. The van der Waals surface area contributed by atoms with Crippen molar-refractivity contribution in [3.8, 4) is 0 Å². The Morgan fingerprint density at radius 3 is 2.34 bits per heavy atom. The van der Waals surface area contributed by atoms with Crippen molar-refractivity contribution in [1.29, 1.82) is 0 Å². The zero-order chi connectivity index (χ0) is 46.7. The van der Waals surface area contributed by atoms with Crippen LogP contribution in [0.15, 0.2) is 36.0 Å². The molecule has 3 heterocycles. The number of rotatable bonds is 15. The van der Waals surface area contributed by atoms with E-state index in [1.807, 2.05) is 13.8 Å². The van der Waals surface area contributed by atoms with Crippen LogP contribution >= 0.6 is 0 Å². The summed E-state index contributed by atoms with van der Waals surface area (Å²) >= 11 is 0. The molecule has 2 saturated heterocycles. The highest BCUT2D eigenvalue weighted by molar-refractivity contribution is 5.91. The maximum atomic E-state index is 14.6. The van der Waals surface area contributed by atoms with E-state index in [9.17, 15) is 33.6 Å². The fraction of sp³-hybridized carbons (Fsp3) is 0.717. The largest absolute Gasteiger partial charge is 0.463 e. The molecule has 2 spiro atoms. The van der Waals surface area contributed by atoms with Gasteiger partial charge in [0.15, 0.2) is 0 Å². The summed E-state index contributed by atoms with van der Waals surface area (Å²) in [6.45, 7) is 9.82. The van der Waals surface area contributed by atoms with Crippen molar-refractivity contribution in [1.82, 2.24) is 16.0 Å². The minimum Gasteiger partial charge on any atom is -0.463 e. The predicted molar refractivity (Wildman–Crippen MR) is 232 cm³/mol. The second kappa shape index (κ2) is 22.4. The monoisotopic (exact) mass is 899 g/mol. The van der Waals surface area contributed by atoms with Crippen molar-refractivity contribution >= 4 is 41.7 Å². The summed E-state index contributed by atoms with van der Waals surface area (Å²) in [5, 5.41) is 7.96. The molecule has 18 heteroatoms. The summed E-state index contributed by atoms with van der Waals surface area (Å²) in [7, 11) is 0. The Labute approximate surface area is 375 Å². The van der Waals surface area contributed by atoms with Crippen molar-refractivity contribution in [2.75, 3.05) is 32.9 Å². The van der Waals surface area contributed by atoms with Crippen molar-refractivity contribution in [3.05, 3.63) is 36.0 Å². The summed E-state index contributed by atoms with van der Waals surface area (Å²) in [4.78, 5) is 93.1. The molecule has 0 aromatic rings. The fourth-order valence-corrected chi connectivity index (χ4v) is 9.84. The van der Waals surface area contributed by atoms with Crippen LogP contribution in [0.3, 0.4) is 0 Å². The second-order valence-corrected chi connectivity index (χ2v) is 18.5. The first kappa shape index (κ1) is 50.2. The molecule has 2 aliphatic carbocycles. The van der Waals surface area contributed by atoms with E-state index in [0.29, 0.717) is 51.7 Å². The number of allylic oxidation sites excluding steroid dienone is 3. The van der Waals surface area contributed by atoms with Crippen LogP contribution in [-0.4, -0.2) is 117 Å². The number of unbranched alkanes of at least 4 members (excludes halogenated alkanes) is 2. The number of ether oxygens (including phenoxy) is 6. The van der Waals surface area contributed by atoms with Gasteiger partial charge < -0.3 is 55.8 Å². The van der Waals surface area contributed by atoms with Gasteiger partial charge in [0, 0.05) is 36.5 Å². The average Bonchev–Trinajstić information content (AvgIpc) is 4.06. The van der Waals surface area contributed by atoms with Crippen LogP contribution in [0.2, 0.25) is 0 Å². The number of urea groups is 1. The van der Waals surface area contributed by atoms with Crippen molar-refractivity contribution in [2.45, 2.75) is 154 Å². The van der Waals surface area contributed by atoms with Gasteiger partial charge in [-0.3, -0.25) is 9.59 Å². The first-order valence-electron chi connectivity index (χ1n) is 22.9. The lowest BCUT2D eigenvalue weighted by Crippen LogP contribution is -2.71. The molecule has 64 heavy (non-hydrogen) atoms. The van der Waals surface area contributed by atoms with Gasteiger partial charge in [0.25, 0.3) is 0 Å². The molecule has 1 unspecified atom stereocenters. The smallest absolute Gasteiger partial charge is 0.347 e. The molecular formula is C46H69N5O13. The molecule has 18 nitrogen and oxygen atoms in total. The molecule has 0 aromatic carbocycles. The highest BCUT2D eigenvalue weighted by Gasteiger charge is 2.79. The average molecular weight is 900 g/mol. The molecule has 3 fully saturated rings. The van der Waals surface area contributed by atoms with Crippen LogP contribution in [0, 0.1) is 22.7 Å². The molecule has 356 valence electrons. The van der Waals surface area contributed by atoms with Crippen molar-refractivity contribution in [2.24, 2.45) is 34.1 Å². The number of cyclic esters (lactones) is 2. The minimum absolute atomic E-state index is 0.0349. The van der Waals surface area contributed by atoms with Gasteiger partial charge in [0.2, 0.25) is 17.9 Å². The number of hydrogen-bond acceptors (Lipinski definition) is 14. The fourth-order valence-electron chi connectivity index (χ4n) is 9.84. The lowest BCUT2D eigenvalue weighted by atomic mass is 9.48. The highest BCUT2D eigenvalue weighted by Crippen LogP contribution is 2.69. The van der Waals surface area contributed by atoms with E-state index in [-0.39, 0.29) is 63.4 Å². The van der Waals surface area contributed by atoms with Gasteiger partial charge in [0.05, 0.1) is 30.8 Å². The van der Waals surface area contributed by atoms with Crippen LogP contribution < -0.4 is 27.4 Å². The van der Waals surface area contributed by atoms with Crippen LogP contribution in [-0.2, 0) is 57.2 Å². The third-order valence-electron chi connectivity index (χ3n) is 13.8. The first-order chi connectivity index (χ1) is 30.5. The number of amides is 4. The van der Waals surface area contributed by atoms with Gasteiger partial charge in [-0.25, -0.2) is 24.0 Å². The van der Waals surface area contributed by atoms with Crippen LogP contribution in [0.5, 0.6) is 0 Å². The Hall–Kier alpha value is -4.81. The number of hydrogen-bond donors (Lipinski definition) is 5. The van der Waals surface area contributed by atoms with Gasteiger partial charge in [-0.2, -0.15) is 0 Å². The number of epoxide rings is 1. The SMILES string of the molecule is CC1=CC2O[C@H]3CCC[C@H]4OC(=O)/C=C\C=C\C(=O)OCC[C@@H](C)[C@H](OC(=O)[C@H](CCCNC(N)=O)NC(=O)[C@@H](NC(=O)CCCCCN)C(C)C)C(=O)OC[C@@]2(CC1)[C@]4(C)[C@]31CO1. The van der Waals surface area contributed by atoms with E-state index in [1.165, 1.54) is 18.2 Å². The van der Waals surface area contributed by atoms with E-state index in [0.717, 1.165) is 24.5 Å². The Morgan fingerprint density at radius 1 is 0.938 bits per heavy atom. The summed E-state index contributed by atoms with van der Waals surface area (Å²) in [6, 6.07) is -3.12. The van der Waals surface area contributed by atoms with E-state index < -0.39 is 88.6 Å². The minimum atomic E-state index is -1.55. The Morgan fingerprint density at radius 2 is 1.66 bits per heavy atom. The summed E-state index contributed by atoms with van der Waals surface area (Å²) in [5.41, 5.74) is 9.27. The zero-order valence-corrected chi connectivity index (χ0v) is 38.0. The normalized spacial score (nSPS) is 32.6. The van der Waals surface area contributed by atoms with Crippen LogP contribution in [0.25, 0.3) is 0 Å². The van der Waals surface area contributed by atoms with E-state index in [4.69, 9.17) is 39.9 Å². The third kappa shape index (κ3) is 11.7. The number of nitrogens with two attached hydrogens (primary N) is 2. The molecule has 10 atom stereocenters. The standard InChI is InChI=1S/C46H69N5O13/c1-28(2)38(51-35(52)16-7-6-10-22-47)40(55)50-31(13-12-23-49-43(48)58)41(56)64-39-30(4)20-24-59-36(53)17-8-9-18-37(54)63-32-14-11-15-33-46(27-61-46)44(32,5)45(26-60-42(39)57)21-19-29(3)25-34(45)62-33/h8-9,17-18,25,28,30-34,38-39H,6-7,10-16,19-24,26-27,47H2,1-5H3,(H,50,55)(H,51,52)(H3,48,49,58)/b17-8+,18-9-/t30-,31+,32-,33+,34?,38+,39+,44-,45-,46+/m1/s1.